The summed E-state index contributed by atoms with van der Waals surface area (Å²) in [6, 6.07) is 20.9. The quantitative estimate of drug-likeness (QED) is 0.509. The minimum Gasteiger partial charge on any atom is -0.332 e. The molecule has 2 aromatic carbocycles. The van der Waals surface area contributed by atoms with Crippen LogP contribution in [-0.2, 0) is 6.54 Å². The number of benzene rings is 2. The first-order valence-electron chi connectivity index (χ1n) is 8.83. The van der Waals surface area contributed by atoms with E-state index in [1.807, 2.05) is 77.5 Å². The van der Waals surface area contributed by atoms with Gasteiger partial charge in [0.2, 0.25) is 0 Å². The second-order valence-corrected chi connectivity index (χ2v) is 6.81. The van der Waals surface area contributed by atoms with Gasteiger partial charge in [0.1, 0.15) is 0 Å². The molecule has 138 valence electrons. The van der Waals surface area contributed by atoms with E-state index in [9.17, 15) is 4.79 Å². The van der Waals surface area contributed by atoms with Gasteiger partial charge in [-0.2, -0.15) is 11.3 Å². The largest absolute Gasteiger partial charge is 0.332 e. The Bertz CT molecular complexity index is 997. The van der Waals surface area contributed by atoms with E-state index in [0.717, 1.165) is 28.3 Å². The summed E-state index contributed by atoms with van der Waals surface area (Å²) in [5.41, 5.74) is 4.11. The number of carbonyl (C=O) groups excluding carboxylic acids is 1. The zero-order valence-electron chi connectivity index (χ0n) is 15.0. The predicted molar refractivity (Wildman–Crippen MR) is 113 cm³/mol. The van der Waals surface area contributed by atoms with Gasteiger partial charge in [0, 0.05) is 23.3 Å². The number of nitrogens with zero attached hydrogens (tertiary/aromatic N) is 3. The molecule has 5 nitrogen and oxygen atoms in total. The average molecular weight is 386 g/mol. The van der Waals surface area contributed by atoms with Crippen molar-refractivity contribution in [3.8, 4) is 11.3 Å². The summed E-state index contributed by atoms with van der Waals surface area (Å²) < 4.78 is 0. The van der Waals surface area contributed by atoms with Crippen LogP contribution in [0.1, 0.15) is 5.69 Å². The van der Waals surface area contributed by atoms with E-state index in [1.54, 1.807) is 28.6 Å². The normalized spacial score (nSPS) is 10.4. The molecule has 2 heterocycles. The van der Waals surface area contributed by atoms with Crippen molar-refractivity contribution in [2.75, 3.05) is 4.90 Å². The average Bonchev–Trinajstić information content (AvgIpc) is 3.29. The van der Waals surface area contributed by atoms with Crippen LogP contribution in [0.25, 0.3) is 11.3 Å². The predicted octanol–water partition coefficient (Wildman–Crippen LogP) is 5.25. The van der Waals surface area contributed by atoms with E-state index >= 15 is 0 Å². The summed E-state index contributed by atoms with van der Waals surface area (Å²) in [7, 11) is 0. The number of anilines is 2. The van der Waals surface area contributed by atoms with Crippen molar-refractivity contribution < 1.29 is 4.79 Å². The van der Waals surface area contributed by atoms with Crippen LogP contribution in [0.3, 0.4) is 0 Å². The maximum atomic E-state index is 13.1. The molecular formula is C22H18N4OS. The lowest BCUT2D eigenvalue weighted by Gasteiger charge is -2.23. The van der Waals surface area contributed by atoms with Crippen molar-refractivity contribution in [2.45, 2.75) is 6.54 Å². The molecule has 0 atom stereocenters. The van der Waals surface area contributed by atoms with Gasteiger partial charge in [0.15, 0.2) is 0 Å². The highest BCUT2D eigenvalue weighted by Crippen LogP contribution is 2.26. The highest BCUT2D eigenvalue weighted by molar-refractivity contribution is 7.08. The first-order chi connectivity index (χ1) is 13.8. The first kappa shape index (κ1) is 17.9. The van der Waals surface area contributed by atoms with E-state index in [0.29, 0.717) is 0 Å². The van der Waals surface area contributed by atoms with E-state index in [4.69, 9.17) is 0 Å². The topological polar surface area (TPSA) is 58.1 Å². The van der Waals surface area contributed by atoms with Crippen molar-refractivity contribution in [2.24, 2.45) is 0 Å². The summed E-state index contributed by atoms with van der Waals surface area (Å²) in [6.07, 6.45) is 3.31. The Balaban J connectivity index is 1.58. The molecule has 0 saturated carbocycles. The highest BCUT2D eigenvalue weighted by atomic mass is 32.1. The third kappa shape index (κ3) is 3.92. The van der Waals surface area contributed by atoms with E-state index in [2.05, 4.69) is 15.3 Å². The molecule has 4 aromatic rings. The molecule has 0 saturated heterocycles. The Morgan fingerprint density at radius 1 is 0.893 bits per heavy atom. The fourth-order valence-electron chi connectivity index (χ4n) is 2.91. The number of amides is 2. The second-order valence-electron chi connectivity index (χ2n) is 6.03. The molecule has 0 fully saturated rings. The third-order valence-electron chi connectivity index (χ3n) is 4.21. The van der Waals surface area contributed by atoms with Gasteiger partial charge >= 0.3 is 6.03 Å². The molecule has 2 aromatic heterocycles. The van der Waals surface area contributed by atoms with Crippen LogP contribution in [-0.4, -0.2) is 16.0 Å². The van der Waals surface area contributed by atoms with Crippen molar-refractivity contribution in [3.05, 3.63) is 95.6 Å². The maximum Gasteiger partial charge on any atom is 0.326 e. The fraction of sp³-hybridized carbons (Fsp3) is 0.0455. The number of carbonyl (C=O) groups is 1. The minimum absolute atomic E-state index is 0.223. The molecule has 28 heavy (non-hydrogen) atoms. The molecule has 6 heteroatoms. The van der Waals surface area contributed by atoms with Crippen LogP contribution < -0.4 is 10.2 Å². The van der Waals surface area contributed by atoms with E-state index < -0.39 is 0 Å². The van der Waals surface area contributed by atoms with Gasteiger partial charge in [-0.3, -0.25) is 14.9 Å². The molecule has 0 spiro atoms. The van der Waals surface area contributed by atoms with Crippen LogP contribution in [0.4, 0.5) is 16.2 Å². The van der Waals surface area contributed by atoms with Crippen molar-refractivity contribution in [1.29, 1.82) is 0 Å². The van der Waals surface area contributed by atoms with Gasteiger partial charge in [-0.25, -0.2) is 4.79 Å². The monoisotopic (exact) mass is 386 g/mol. The van der Waals surface area contributed by atoms with Crippen LogP contribution in [0.15, 0.2) is 89.9 Å². The summed E-state index contributed by atoms with van der Waals surface area (Å²) in [4.78, 5) is 23.6. The molecule has 0 aliphatic heterocycles. The summed E-state index contributed by atoms with van der Waals surface area (Å²) in [5.74, 6) is 0. The van der Waals surface area contributed by atoms with Gasteiger partial charge in [0.25, 0.3) is 0 Å². The third-order valence-corrected chi connectivity index (χ3v) is 4.89. The van der Waals surface area contributed by atoms with Crippen LogP contribution in [0.5, 0.6) is 0 Å². The number of urea groups is 1. The highest BCUT2D eigenvalue weighted by Gasteiger charge is 2.18. The zero-order valence-corrected chi connectivity index (χ0v) is 15.8. The second kappa shape index (κ2) is 8.45. The number of rotatable bonds is 5. The standard InChI is InChI=1S/C22H18N4OS/c27-22(25-15-20-21(24-13-12-23-20)17-11-14-28-16-17)26(18-7-3-1-4-8-18)19-9-5-2-6-10-19/h1-14,16H,15H2,(H,25,27). The lowest BCUT2D eigenvalue weighted by molar-refractivity contribution is 0.248. The SMILES string of the molecule is O=C(NCc1nccnc1-c1ccsc1)N(c1ccccc1)c1ccccc1. The number of para-hydroxylation sites is 2. The molecule has 0 radical (unpaired) electrons. The molecule has 1 N–H and O–H groups in total. The van der Waals surface area contributed by atoms with Gasteiger partial charge in [0.05, 0.1) is 29.3 Å². The van der Waals surface area contributed by atoms with Gasteiger partial charge in [-0.15, -0.1) is 0 Å². The molecule has 0 aliphatic carbocycles. The minimum atomic E-state index is -0.223. The van der Waals surface area contributed by atoms with Crippen LogP contribution in [0, 0.1) is 0 Å². The Hall–Kier alpha value is -3.51. The Morgan fingerprint density at radius 2 is 1.54 bits per heavy atom. The van der Waals surface area contributed by atoms with Crippen LogP contribution in [0.2, 0.25) is 0 Å². The molecule has 4 rings (SSSR count). The van der Waals surface area contributed by atoms with Crippen LogP contribution >= 0.6 is 11.3 Å². The van der Waals surface area contributed by atoms with E-state index in [1.165, 1.54) is 0 Å². The molecule has 0 bridgehead atoms. The number of aromatic nitrogens is 2. The summed E-state index contributed by atoms with van der Waals surface area (Å²) >= 11 is 1.60. The van der Waals surface area contributed by atoms with Crippen molar-refractivity contribution in [3.63, 3.8) is 0 Å². The fourth-order valence-corrected chi connectivity index (χ4v) is 3.55. The number of hydrogen-bond donors (Lipinski definition) is 1. The lowest BCUT2D eigenvalue weighted by Crippen LogP contribution is -2.36. The Morgan fingerprint density at radius 3 is 2.14 bits per heavy atom. The Kier molecular flexibility index (Phi) is 5.40. The lowest BCUT2D eigenvalue weighted by atomic mass is 10.2. The van der Waals surface area contributed by atoms with Gasteiger partial charge < -0.3 is 5.32 Å². The molecular weight excluding hydrogens is 368 g/mol. The van der Waals surface area contributed by atoms with Crippen molar-refractivity contribution in [1.82, 2.24) is 15.3 Å². The van der Waals surface area contributed by atoms with Gasteiger partial charge in [-0.1, -0.05) is 36.4 Å². The summed E-state index contributed by atoms with van der Waals surface area (Å²) in [6.45, 7) is 0.286. The molecule has 0 unspecified atom stereocenters. The van der Waals surface area contributed by atoms with E-state index in [-0.39, 0.29) is 12.6 Å². The van der Waals surface area contributed by atoms with Gasteiger partial charge in [-0.05, 0) is 35.7 Å². The summed E-state index contributed by atoms with van der Waals surface area (Å²) in [5, 5.41) is 7.01. The smallest absolute Gasteiger partial charge is 0.326 e. The Labute approximate surface area is 167 Å². The number of nitrogens with one attached hydrogen (secondary N) is 1. The molecule has 0 aliphatic rings. The van der Waals surface area contributed by atoms with Crippen molar-refractivity contribution >= 4 is 28.7 Å². The molecule has 2 amide bonds. The number of hydrogen-bond acceptors (Lipinski definition) is 4. The first-order valence-corrected chi connectivity index (χ1v) is 9.78. The zero-order chi connectivity index (χ0) is 19.2. The maximum absolute atomic E-state index is 13.1. The number of thiophene rings is 1.